The van der Waals surface area contributed by atoms with Crippen molar-refractivity contribution in [3.63, 3.8) is 0 Å². The maximum Gasteiger partial charge on any atom is 0.472 e. The van der Waals surface area contributed by atoms with Gasteiger partial charge in [0.05, 0.1) is 32.0 Å². The molecule has 15 nitrogen and oxygen atoms in total. The van der Waals surface area contributed by atoms with Gasteiger partial charge in [0.15, 0.2) is 6.10 Å². The van der Waals surface area contributed by atoms with Crippen LogP contribution < -0.4 is 0 Å². The molecular weight excluding hydrogens is 806 g/mol. The average molecular weight is 883 g/mol. The predicted octanol–water partition coefficient (Wildman–Crippen LogP) is 8.47. The van der Waals surface area contributed by atoms with Crippen LogP contribution in [-0.2, 0) is 41.8 Å². The van der Waals surface area contributed by atoms with E-state index in [0.717, 1.165) is 50.9 Å². The van der Waals surface area contributed by atoms with Gasteiger partial charge in [-0.15, -0.1) is 0 Å². The lowest BCUT2D eigenvalue weighted by Crippen LogP contribution is -2.30. The van der Waals surface area contributed by atoms with Crippen molar-refractivity contribution in [3.8, 4) is 0 Å². The first-order valence-electron chi connectivity index (χ1n) is 21.4. The molecule has 0 saturated heterocycles. The van der Waals surface area contributed by atoms with Gasteiger partial charge >= 0.3 is 27.6 Å². The van der Waals surface area contributed by atoms with E-state index < -0.39 is 78.4 Å². The highest BCUT2D eigenvalue weighted by molar-refractivity contribution is 7.47. The summed E-state index contributed by atoms with van der Waals surface area (Å²) < 4.78 is 47.5. The van der Waals surface area contributed by atoms with Crippen molar-refractivity contribution in [3.05, 3.63) is 48.6 Å². The molecule has 0 heterocycles. The summed E-state index contributed by atoms with van der Waals surface area (Å²) in [5.41, 5.74) is 0. The number of aliphatic hydroxyl groups excluding tert-OH is 3. The standard InChI is InChI=1S/C42H76O15P2/c1-4-5-6-7-8-9-10-11-15-18-21-24-28-39(44)40(45)29-26-31-41(46)53-34-38(35-56-59(51,52)55-33-37(43)32-54-58(48,49)50)57-42(47)30-25-22-19-16-13-12-14-17-20-23-27-36(2)3/h5-6,8-9,11,15,21,24,36-40,43-45H,4,7,10,12-14,16-20,22-23,25-35H2,1-3H3,(H,51,52)(H2,48,49,50)/b6-5-,9-8-,15-11-,24-21-/t37-,38+,39-,40-/m0/s1. The summed E-state index contributed by atoms with van der Waals surface area (Å²) in [7, 11) is -9.77. The van der Waals surface area contributed by atoms with E-state index in [2.05, 4.69) is 60.2 Å². The molecule has 0 aliphatic heterocycles. The molecule has 0 bridgehead atoms. The first-order valence-corrected chi connectivity index (χ1v) is 24.4. The number of aliphatic hydroxyl groups is 3. The van der Waals surface area contributed by atoms with Gasteiger partial charge in [-0.2, -0.15) is 0 Å². The number of hydrogen-bond donors (Lipinski definition) is 6. The van der Waals surface area contributed by atoms with Gasteiger partial charge in [0.25, 0.3) is 0 Å². The summed E-state index contributed by atoms with van der Waals surface area (Å²) in [6, 6.07) is 0. The molecule has 6 N–H and O–H groups in total. The Morgan fingerprint density at radius 3 is 1.61 bits per heavy atom. The summed E-state index contributed by atoms with van der Waals surface area (Å²) in [6.45, 7) is 3.58. The van der Waals surface area contributed by atoms with Crippen LogP contribution in [0.3, 0.4) is 0 Å². The number of hydrogen-bond acceptors (Lipinski definition) is 12. The molecule has 0 aliphatic carbocycles. The van der Waals surface area contributed by atoms with Crippen LogP contribution in [0.1, 0.15) is 149 Å². The van der Waals surface area contributed by atoms with E-state index in [4.69, 9.17) is 23.8 Å². The van der Waals surface area contributed by atoms with E-state index in [1.165, 1.54) is 38.5 Å². The predicted molar refractivity (Wildman–Crippen MR) is 228 cm³/mol. The van der Waals surface area contributed by atoms with Gasteiger partial charge in [-0.3, -0.25) is 23.2 Å². The monoisotopic (exact) mass is 882 g/mol. The second-order valence-electron chi connectivity index (χ2n) is 15.0. The summed E-state index contributed by atoms with van der Waals surface area (Å²) in [4.78, 5) is 52.7. The quantitative estimate of drug-likeness (QED) is 0.0147. The summed E-state index contributed by atoms with van der Waals surface area (Å²) >= 11 is 0. The Morgan fingerprint density at radius 1 is 0.559 bits per heavy atom. The molecule has 17 heteroatoms. The highest BCUT2D eigenvalue weighted by atomic mass is 31.2. The Bertz CT molecular complexity index is 1280. The fraction of sp³-hybridized carbons (Fsp3) is 0.762. The van der Waals surface area contributed by atoms with Gasteiger partial charge in [0.2, 0.25) is 0 Å². The number of allylic oxidation sites excluding steroid dienone is 7. The van der Waals surface area contributed by atoms with Crippen LogP contribution in [0.4, 0.5) is 0 Å². The molecule has 59 heavy (non-hydrogen) atoms. The Balaban J connectivity index is 4.76. The second kappa shape index (κ2) is 36.6. The SMILES string of the molecule is CC/C=C\C/C=C\C/C=C\C/C=C\C[C@H](O)[C@@H](O)CCCC(=O)OC[C@H](COP(=O)(O)OC[C@@H](O)COP(=O)(O)O)OC(=O)CCCCCCCCCCCCC(C)C. The Morgan fingerprint density at radius 2 is 1.05 bits per heavy atom. The second-order valence-corrected chi connectivity index (χ2v) is 17.7. The minimum Gasteiger partial charge on any atom is -0.462 e. The van der Waals surface area contributed by atoms with Gasteiger partial charge in [-0.25, -0.2) is 9.13 Å². The molecule has 344 valence electrons. The molecule has 1 unspecified atom stereocenters. The van der Waals surface area contributed by atoms with Crippen LogP contribution in [0.15, 0.2) is 48.6 Å². The fourth-order valence-electron chi connectivity index (χ4n) is 5.50. The van der Waals surface area contributed by atoms with E-state index >= 15 is 0 Å². The maximum atomic E-state index is 12.7. The molecule has 0 aromatic rings. The lowest BCUT2D eigenvalue weighted by Gasteiger charge is -2.20. The van der Waals surface area contributed by atoms with Crippen LogP contribution in [0.5, 0.6) is 0 Å². The highest BCUT2D eigenvalue weighted by Crippen LogP contribution is 2.43. The first kappa shape index (κ1) is 57.0. The van der Waals surface area contributed by atoms with Gasteiger partial charge in [-0.05, 0) is 57.3 Å². The van der Waals surface area contributed by atoms with Crippen molar-refractivity contribution in [2.45, 2.75) is 174 Å². The van der Waals surface area contributed by atoms with Gasteiger partial charge in [0.1, 0.15) is 12.7 Å². The van der Waals surface area contributed by atoms with E-state index in [-0.39, 0.29) is 32.1 Å². The van der Waals surface area contributed by atoms with Gasteiger partial charge in [0, 0.05) is 12.8 Å². The van der Waals surface area contributed by atoms with Crippen molar-refractivity contribution in [2.75, 3.05) is 26.4 Å². The zero-order valence-electron chi connectivity index (χ0n) is 35.7. The number of ether oxygens (including phenoxy) is 2. The van der Waals surface area contributed by atoms with E-state index in [1.54, 1.807) is 6.08 Å². The Labute approximate surface area is 353 Å². The average Bonchev–Trinajstić information content (AvgIpc) is 3.17. The number of carbonyl (C=O) groups is 2. The van der Waals surface area contributed by atoms with Crippen LogP contribution in [-0.4, -0.2) is 92.8 Å². The zero-order chi connectivity index (χ0) is 44.2. The smallest absolute Gasteiger partial charge is 0.462 e. The molecule has 0 aromatic heterocycles. The fourth-order valence-corrected chi connectivity index (χ4v) is 6.66. The van der Waals surface area contributed by atoms with E-state index in [1.807, 2.05) is 12.2 Å². The van der Waals surface area contributed by atoms with Crippen LogP contribution in [0.2, 0.25) is 0 Å². The molecule has 0 aromatic carbocycles. The molecule has 0 aliphatic rings. The van der Waals surface area contributed by atoms with Gasteiger partial charge in [-0.1, -0.05) is 134 Å². The summed E-state index contributed by atoms with van der Waals surface area (Å²) in [5.74, 6) is -0.570. The third kappa shape index (κ3) is 39.9. The third-order valence-corrected chi connectivity index (χ3v) is 10.3. The molecule has 0 rings (SSSR count). The Kier molecular flexibility index (Phi) is 35.4. The maximum absolute atomic E-state index is 12.7. The lowest BCUT2D eigenvalue weighted by atomic mass is 10.0. The zero-order valence-corrected chi connectivity index (χ0v) is 37.5. The minimum atomic E-state index is -4.89. The normalized spacial score (nSPS) is 15.7. The topological polar surface area (TPSA) is 236 Å². The molecular formula is C42H76O15P2. The highest BCUT2D eigenvalue weighted by Gasteiger charge is 2.28. The molecule has 0 fully saturated rings. The molecule has 0 amide bonds. The van der Waals surface area contributed by atoms with Crippen LogP contribution >= 0.6 is 15.6 Å². The number of carbonyl (C=O) groups excluding carboxylic acids is 2. The first-order chi connectivity index (χ1) is 28.0. The number of unbranched alkanes of at least 4 members (excludes halogenated alkanes) is 9. The van der Waals surface area contributed by atoms with Crippen LogP contribution in [0, 0.1) is 5.92 Å². The van der Waals surface area contributed by atoms with E-state index in [9.17, 15) is 38.9 Å². The van der Waals surface area contributed by atoms with Crippen molar-refractivity contribution >= 4 is 27.6 Å². The molecule has 0 radical (unpaired) electrons. The largest absolute Gasteiger partial charge is 0.472 e. The summed E-state index contributed by atoms with van der Waals surface area (Å²) in [5, 5.41) is 30.4. The van der Waals surface area contributed by atoms with E-state index in [0.29, 0.717) is 12.8 Å². The lowest BCUT2D eigenvalue weighted by molar-refractivity contribution is -0.161. The third-order valence-electron chi connectivity index (χ3n) is 8.85. The Hall–Kier alpha value is -2.00. The number of esters is 2. The molecule has 0 saturated carbocycles. The summed E-state index contributed by atoms with van der Waals surface area (Å²) in [6.07, 6.45) is 27.3. The van der Waals surface area contributed by atoms with Crippen molar-refractivity contribution in [1.82, 2.24) is 0 Å². The molecule has 0 spiro atoms. The van der Waals surface area contributed by atoms with Crippen molar-refractivity contribution < 1.29 is 71.8 Å². The van der Waals surface area contributed by atoms with Gasteiger partial charge < -0.3 is 39.5 Å². The van der Waals surface area contributed by atoms with Crippen molar-refractivity contribution in [2.24, 2.45) is 5.92 Å². The van der Waals surface area contributed by atoms with Crippen LogP contribution in [0.25, 0.3) is 0 Å². The number of phosphoric acid groups is 2. The van der Waals surface area contributed by atoms with Crippen molar-refractivity contribution in [1.29, 1.82) is 0 Å². The molecule has 5 atom stereocenters. The minimum absolute atomic E-state index is 0.0699. The number of phosphoric ester groups is 2. The number of rotatable bonds is 39.